The third kappa shape index (κ3) is 2.88. The molecule has 0 saturated heterocycles. The van der Waals surface area contributed by atoms with Crippen molar-refractivity contribution in [3.8, 4) is 5.75 Å². The van der Waals surface area contributed by atoms with Crippen LogP contribution < -0.4 is 9.46 Å². The van der Waals surface area contributed by atoms with E-state index in [1.54, 1.807) is 13.0 Å². The average Bonchev–Trinajstić information content (AvgIpc) is 2.29. The van der Waals surface area contributed by atoms with Gasteiger partial charge in [0.2, 0.25) is 0 Å². The lowest BCUT2D eigenvalue weighted by molar-refractivity contribution is 0.416. The molecule has 1 rings (SSSR count). The molecule has 0 aliphatic rings. The number of rotatable bonds is 4. The number of ether oxygens (including phenoxy) is 1. The highest BCUT2D eigenvalue weighted by atomic mass is 35.5. The Kier molecular flexibility index (Phi) is 4.47. The summed E-state index contributed by atoms with van der Waals surface area (Å²) < 4.78 is 32.4. The topological polar surface area (TPSA) is 58.6 Å². The molecule has 1 N–H and O–H groups in total. The van der Waals surface area contributed by atoms with E-state index >= 15 is 0 Å². The van der Waals surface area contributed by atoms with E-state index < -0.39 is 10.2 Å². The van der Waals surface area contributed by atoms with Crippen LogP contribution in [0.3, 0.4) is 0 Å². The second-order valence-corrected chi connectivity index (χ2v) is 6.36. The number of nitrogens with one attached hydrogen (secondary N) is 1. The molecule has 0 heterocycles. The van der Waals surface area contributed by atoms with E-state index in [9.17, 15) is 8.42 Å². The van der Waals surface area contributed by atoms with Gasteiger partial charge in [-0.2, -0.15) is 12.7 Å². The lowest BCUT2D eigenvalue weighted by Gasteiger charge is -2.19. The summed E-state index contributed by atoms with van der Waals surface area (Å²) in [6.07, 6.45) is 0. The monoisotopic (exact) mass is 292 g/mol. The fourth-order valence-corrected chi connectivity index (χ4v) is 2.27. The van der Waals surface area contributed by atoms with Gasteiger partial charge >= 0.3 is 10.2 Å². The molecule has 0 aliphatic carbocycles. The molecule has 0 aromatic heterocycles. The van der Waals surface area contributed by atoms with Crippen molar-refractivity contribution in [2.24, 2.45) is 0 Å². The molecular formula is C11H17ClN2O3S. The first-order valence-electron chi connectivity index (χ1n) is 5.24. The molecule has 102 valence electrons. The number of hydrogen-bond acceptors (Lipinski definition) is 3. The lowest BCUT2D eigenvalue weighted by Crippen LogP contribution is -2.29. The molecule has 1 aromatic carbocycles. The molecule has 0 aliphatic heterocycles. The Morgan fingerprint density at radius 1 is 1.33 bits per heavy atom. The summed E-state index contributed by atoms with van der Waals surface area (Å²) in [6.45, 7) is 3.58. The van der Waals surface area contributed by atoms with Gasteiger partial charge in [0.1, 0.15) is 5.75 Å². The van der Waals surface area contributed by atoms with Crippen molar-refractivity contribution in [3.63, 3.8) is 0 Å². The van der Waals surface area contributed by atoms with Gasteiger partial charge in [0.25, 0.3) is 0 Å². The number of hydrogen-bond donors (Lipinski definition) is 1. The highest BCUT2D eigenvalue weighted by molar-refractivity contribution is 7.90. The van der Waals surface area contributed by atoms with Crippen molar-refractivity contribution in [3.05, 3.63) is 22.2 Å². The standard InChI is InChI=1S/C11H17ClN2O3S/c1-7-6-9(17-5)11(8(2)10(7)12)13-18(15,16)14(3)4/h6,13H,1-5H3. The Labute approximate surface area is 113 Å². The van der Waals surface area contributed by atoms with E-state index in [1.807, 2.05) is 6.92 Å². The fourth-order valence-electron chi connectivity index (χ4n) is 1.43. The number of benzene rings is 1. The number of anilines is 1. The van der Waals surface area contributed by atoms with Gasteiger partial charge in [-0.25, -0.2) is 0 Å². The molecule has 0 radical (unpaired) electrons. The van der Waals surface area contributed by atoms with Gasteiger partial charge in [0.15, 0.2) is 0 Å². The molecule has 5 nitrogen and oxygen atoms in total. The maximum atomic E-state index is 11.8. The van der Waals surface area contributed by atoms with Crippen LogP contribution in [0.2, 0.25) is 5.02 Å². The normalized spacial score (nSPS) is 11.7. The minimum absolute atomic E-state index is 0.363. The van der Waals surface area contributed by atoms with E-state index in [0.717, 1.165) is 9.87 Å². The molecule has 0 saturated carbocycles. The lowest BCUT2D eigenvalue weighted by atomic mass is 10.1. The Morgan fingerprint density at radius 3 is 2.33 bits per heavy atom. The molecule has 0 unspecified atom stereocenters. The van der Waals surface area contributed by atoms with Crippen LogP contribution >= 0.6 is 11.6 Å². The minimum Gasteiger partial charge on any atom is -0.495 e. The smallest absolute Gasteiger partial charge is 0.301 e. The number of methoxy groups -OCH3 is 1. The summed E-state index contributed by atoms with van der Waals surface area (Å²) in [7, 11) is 0.779. The molecule has 0 atom stereocenters. The van der Waals surface area contributed by atoms with Crippen LogP contribution in [0.1, 0.15) is 11.1 Å². The first kappa shape index (κ1) is 15.1. The molecule has 0 fully saturated rings. The van der Waals surface area contributed by atoms with Gasteiger partial charge in [0.05, 0.1) is 12.8 Å². The zero-order valence-electron chi connectivity index (χ0n) is 11.0. The molecule has 0 bridgehead atoms. The molecule has 18 heavy (non-hydrogen) atoms. The van der Waals surface area contributed by atoms with E-state index in [0.29, 0.717) is 22.0 Å². The summed E-state index contributed by atoms with van der Waals surface area (Å²) in [4.78, 5) is 0. The maximum absolute atomic E-state index is 11.8. The van der Waals surface area contributed by atoms with E-state index in [4.69, 9.17) is 16.3 Å². The van der Waals surface area contributed by atoms with Crippen LogP contribution in [0.25, 0.3) is 0 Å². The average molecular weight is 293 g/mol. The van der Waals surface area contributed by atoms with Crippen LogP contribution in [-0.2, 0) is 10.2 Å². The summed E-state index contributed by atoms with van der Waals surface area (Å²) in [5.74, 6) is 0.444. The predicted octanol–water partition coefficient (Wildman–Crippen LogP) is 2.18. The Hall–Kier alpha value is -0.980. The largest absolute Gasteiger partial charge is 0.495 e. The quantitative estimate of drug-likeness (QED) is 0.925. The van der Waals surface area contributed by atoms with Crippen molar-refractivity contribution < 1.29 is 13.2 Å². The SMILES string of the molecule is COc1cc(C)c(Cl)c(C)c1NS(=O)(=O)N(C)C. The third-order valence-electron chi connectivity index (χ3n) is 2.58. The zero-order valence-corrected chi connectivity index (χ0v) is 12.6. The van der Waals surface area contributed by atoms with Crippen LogP contribution in [0.15, 0.2) is 6.07 Å². The molecule has 1 aromatic rings. The summed E-state index contributed by atoms with van der Waals surface area (Å²) in [6, 6.07) is 1.70. The molecule has 0 amide bonds. The van der Waals surface area contributed by atoms with Gasteiger partial charge in [-0.15, -0.1) is 0 Å². The fraction of sp³-hybridized carbons (Fsp3) is 0.455. The minimum atomic E-state index is -3.59. The zero-order chi connectivity index (χ0) is 14.1. The van der Waals surface area contributed by atoms with Crippen molar-refractivity contribution in [2.45, 2.75) is 13.8 Å². The van der Waals surface area contributed by atoms with Crippen molar-refractivity contribution in [1.82, 2.24) is 4.31 Å². The molecule has 7 heteroatoms. The van der Waals surface area contributed by atoms with Crippen molar-refractivity contribution in [2.75, 3.05) is 25.9 Å². The second-order valence-electron chi connectivity index (χ2n) is 4.10. The summed E-state index contributed by atoms with van der Waals surface area (Å²) in [5.41, 5.74) is 1.83. The van der Waals surface area contributed by atoms with Crippen LogP contribution in [-0.4, -0.2) is 33.9 Å². The van der Waals surface area contributed by atoms with E-state index in [1.165, 1.54) is 21.2 Å². The van der Waals surface area contributed by atoms with E-state index in [-0.39, 0.29) is 0 Å². The maximum Gasteiger partial charge on any atom is 0.301 e. The summed E-state index contributed by atoms with van der Waals surface area (Å²) >= 11 is 6.12. The van der Waals surface area contributed by atoms with Crippen molar-refractivity contribution >= 4 is 27.5 Å². The van der Waals surface area contributed by atoms with Crippen LogP contribution in [0, 0.1) is 13.8 Å². The van der Waals surface area contributed by atoms with Gasteiger partial charge in [-0.1, -0.05) is 11.6 Å². The third-order valence-corrected chi connectivity index (χ3v) is 4.58. The number of nitrogens with zero attached hydrogens (tertiary/aromatic N) is 1. The first-order chi connectivity index (χ1) is 8.20. The molecular weight excluding hydrogens is 276 g/mol. The Bertz CT molecular complexity index is 556. The summed E-state index contributed by atoms with van der Waals surface area (Å²) in [5, 5.41) is 0.521. The van der Waals surface area contributed by atoms with Gasteiger partial charge in [0, 0.05) is 19.1 Å². The number of aryl methyl sites for hydroxylation is 1. The molecule has 0 spiro atoms. The van der Waals surface area contributed by atoms with E-state index in [2.05, 4.69) is 4.72 Å². The Balaban J connectivity index is 3.37. The van der Waals surface area contributed by atoms with Crippen LogP contribution in [0.4, 0.5) is 5.69 Å². The number of halogens is 1. The van der Waals surface area contributed by atoms with Gasteiger partial charge < -0.3 is 4.74 Å². The highest BCUT2D eigenvalue weighted by Crippen LogP contribution is 2.36. The Morgan fingerprint density at radius 2 is 1.89 bits per heavy atom. The first-order valence-corrected chi connectivity index (χ1v) is 7.06. The van der Waals surface area contributed by atoms with Crippen LogP contribution in [0.5, 0.6) is 5.75 Å². The van der Waals surface area contributed by atoms with Gasteiger partial charge in [-0.05, 0) is 31.0 Å². The predicted molar refractivity (Wildman–Crippen MR) is 73.7 cm³/mol. The van der Waals surface area contributed by atoms with Gasteiger partial charge in [-0.3, -0.25) is 4.72 Å². The second kappa shape index (κ2) is 5.34. The van der Waals surface area contributed by atoms with Crippen molar-refractivity contribution in [1.29, 1.82) is 0 Å². The highest BCUT2D eigenvalue weighted by Gasteiger charge is 2.19.